The molecule has 0 bridgehead atoms. The van der Waals surface area contributed by atoms with Gasteiger partial charge < -0.3 is 15.9 Å². The van der Waals surface area contributed by atoms with E-state index in [1.807, 2.05) is 0 Å². The van der Waals surface area contributed by atoms with Gasteiger partial charge in [0.25, 0.3) is 0 Å². The number of nitrogens with zero attached hydrogens (tertiary/aromatic N) is 1. The molecule has 0 radical (unpaired) electrons. The number of aliphatic hydroxyl groups excluding tert-OH is 1. The molecule has 2 unspecified atom stereocenters. The minimum atomic E-state index is -1.17. The third-order valence-corrected chi connectivity index (χ3v) is 1.49. The van der Waals surface area contributed by atoms with E-state index in [1.165, 1.54) is 0 Å². The molecule has 7 heteroatoms. The van der Waals surface area contributed by atoms with E-state index < -0.39 is 29.6 Å². The molecule has 0 aromatic rings. The zero-order valence-electron chi connectivity index (χ0n) is 6.92. The van der Waals surface area contributed by atoms with E-state index in [2.05, 4.69) is 0 Å². The number of hydrogen-bond acceptors (Lipinski definition) is 5. The van der Waals surface area contributed by atoms with Crippen molar-refractivity contribution in [2.75, 3.05) is 6.54 Å². The van der Waals surface area contributed by atoms with Crippen molar-refractivity contribution in [2.24, 2.45) is 5.73 Å². The molecule has 4 N–H and O–H groups in total. The second-order valence-electron chi connectivity index (χ2n) is 2.69. The molecule has 0 aliphatic rings. The van der Waals surface area contributed by atoms with Crippen molar-refractivity contribution in [1.29, 1.82) is 0 Å². The molecule has 0 aliphatic carbocycles. The number of hydrogen-bond donors (Lipinski definition) is 3. The van der Waals surface area contributed by atoms with Crippen LogP contribution in [0, 0.1) is 10.1 Å². The number of aliphatic carboxylic acids is 1. The Kier molecular flexibility index (Phi) is 4.93. The molecule has 0 amide bonds. The first-order valence-corrected chi connectivity index (χ1v) is 3.71. The maximum atomic E-state index is 10.2. The number of carboxylic acid groups (broad SMARTS) is 1. The van der Waals surface area contributed by atoms with E-state index in [-0.39, 0.29) is 12.8 Å². The molecule has 0 aliphatic heterocycles. The van der Waals surface area contributed by atoms with Crippen LogP contribution in [0.1, 0.15) is 12.8 Å². The number of carbonyl (C=O) groups is 1. The van der Waals surface area contributed by atoms with Crippen LogP contribution >= 0.6 is 0 Å². The zero-order valence-corrected chi connectivity index (χ0v) is 6.92. The highest BCUT2D eigenvalue weighted by Crippen LogP contribution is 2.00. The average Bonchev–Trinajstić information content (AvgIpc) is 1.98. The van der Waals surface area contributed by atoms with Gasteiger partial charge in [0.05, 0.1) is 0 Å². The number of carboxylic acids is 1. The lowest BCUT2D eigenvalue weighted by Crippen LogP contribution is -2.32. The van der Waals surface area contributed by atoms with Crippen molar-refractivity contribution in [3.63, 3.8) is 0 Å². The van der Waals surface area contributed by atoms with Crippen molar-refractivity contribution in [3.05, 3.63) is 10.1 Å². The molecule has 0 heterocycles. The van der Waals surface area contributed by atoms with Gasteiger partial charge >= 0.3 is 5.97 Å². The van der Waals surface area contributed by atoms with Gasteiger partial charge in [-0.3, -0.25) is 14.9 Å². The highest BCUT2D eigenvalue weighted by atomic mass is 16.6. The summed E-state index contributed by atoms with van der Waals surface area (Å²) >= 11 is 0. The van der Waals surface area contributed by atoms with E-state index in [0.29, 0.717) is 0 Å². The van der Waals surface area contributed by atoms with Crippen LogP contribution in [0.4, 0.5) is 0 Å². The monoisotopic (exact) mass is 192 g/mol. The van der Waals surface area contributed by atoms with Crippen LogP contribution in [0.25, 0.3) is 0 Å². The lowest BCUT2D eigenvalue weighted by molar-refractivity contribution is -0.490. The van der Waals surface area contributed by atoms with E-state index >= 15 is 0 Å². The van der Waals surface area contributed by atoms with Crippen molar-refractivity contribution >= 4 is 5.97 Å². The summed E-state index contributed by atoms with van der Waals surface area (Å²) in [6, 6.07) is -1.07. The second kappa shape index (κ2) is 5.44. The largest absolute Gasteiger partial charge is 0.480 e. The standard InChI is InChI=1S/C6H12N2O5/c7-5(6(10)11)2-1-4(9)3-8(12)13/h4-5,9H,1-3,7H2,(H,10,11). The van der Waals surface area contributed by atoms with Gasteiger partial charge in [-0.05, 0) is 12.8 Å². The molecule has 0 saturated carbocycles. The first kappa shape index (κ1) is 11.8. The summed E-state index contributed by atoms with van der Waals surface area (Å²) in [7, 11) is 0. The smallest absolute Gasteiger partial charge is 0.320 e. The summed E-state index contributed by atoms with van der Waals surface area (Å²) in [6.07, 6.45) is -1.07. The predicted molar refractivity (Wildman–Crippen MR) is 42.7 cm³/mol. The Labute approximate surface area is 74.3 Å². The molecular weight excluding hydrogens is 180 g/mol. The fourth-order valence-corrected chi connectivity index (χ4v) is 0.759. The van der Waals surface area contributed by atoms with Crippen molar-refractivity contribution < 1.29 is 19.9 Å². The van der Waals surface area contributed by atoms with Crippen LogP contribution < -0.4 is 5.73 Å². The summed E-state index contributed by atoms with van der Waals surface area (Å²) in [6.45, 7) is -0.577. The number of rotatable bonds is 6. The molecular formula is C6H12N2O5. The van der Waals surface area contributed by atoms with Gasteiger partial charge in [-0.1, -0.05) is 0 Å². The van der Waals surface area contributed by atoms with Gasteiger partial charge in [0.15, 0.2) is 0 Å². The van der Waals surface area contributed by atoms with Crippen LogP contribution in [0.5, 0.6) is 0 Å². The first-order chi connectivity index (χ1) is 5.93. The molecule has 13 heavy (non-hydrogen) atoms. The fourth-order valence-electron chi connectivity index (χ4n) is 0.759. The maximum absolute atomic E-state index is 10.2. The normalized spacial score (nSPS) is 14.9. The number of aliphatic hydroxyl groups is 1. The molecule has 76 valence electrons. The Morgan fingerprint density at radius 2 is 2.08 bits per heavy atom. The van der Waals surface area contributed by atoms with E-state index in [0.717, 1.165) is 0 Å². The van der Waals surface area contributed by atoms with Crippen LogP contribution in [0.3, 0.4) is 0 Å². The maximum Gasteiger partial charge on any atom is 0.320 e. The van der Waals surface area contributed by atoms with Crippen molar-refractivity contribution in [1.82, 2.24) is 0 Å². The van der Waals surface area contributed by atoms with Gasteiger partial charge in [-0.15, -0.1) is 0 Å². The summed E-state index contributed by atoms with van der Waals surface area (Å²) in [5, 5.41) is 27.2. The van der Waals surface area contributed by atoms with Gasteiger partial charge in [0.1, 0.15) is 12.1 Å². The zero-order chi connectivity index (χ0) is 10.4. The summed E-state index contributed by atoms with van der Waals surface area (Å²) in [4.78, 5) is 19.4. The van der Waals surface area contributed by atoms with Crippen molar-refractivity contribution in [3.8, 4) is 0 Å². The Morgan fingerprint density at radius 1 is 1.54 bits per heavy atom. The fraction of sp³-hybridized carbons (Fsp3) is 0.833. The SMILES string of the molecule is NC(CCC(O)C[N+](=O)[O-])C(=O)O. The lowest BCUT2D eigenvalue weighted by Gasteiger charge is -2.08. The van der Waals surface area contributed by atoms with Gasteiger partial charge in [0.2, 0.25) is 6.54 Å². The molecule has 7 nitrogen and oxygen atoms in total. The quantitative estimate of drug-likeness (QED) is 0.359. The van der Waals surface area contributed by atoms with E-state index in [1.54, 1.807) is 0 Å². The van der Waals surface area contributed by atoms with Gasteiger partial charge in [0, 0.05) is 4.92 Å². The van der Waals surface area contributed by atoms with Gasteiger partial charge in [-0.2, -0.15) is 0 Å². The first-order valence-electron chi connectivity index (χ1n) is 3.71. The van der Waals surface area contributed by atoms with E-state index in [4.69, 9.17) is 15.9 Å². The minimum absolute atomic E-state index is 0.0223. The molecule has 2 atom stereocenters. The highest BCUT2D eigenvalue weighted by Gasteiger charge is 2.16. The van der Waals surface area contributed by atoms with Crippen LogP contribution in [0.15, 0.2) is 0 Å². The Hall–Kier alpha value is -1.21. The molecule has 0 spiro atoms. The van der Waals surface area contributed by atoms with E-state index in [9.17, 15) is 14.9 Å². The number of nitro groups is 1. The molecule has 0 aromatic carbocycles. The summed E-state index contributed by atoms with van der Waals surface area (Å²) in [5.41, 5.74) is 5.12. The second-order valence-corrected chi connectivity index (χ2v) is 2.69. The Balaban J connectivity index is 3.63. The number of nitrogens with two attached hydrogens (primary N) is 1. The van der Waals surface area contributed by atoms with Crippen LogP contribution in [0.2, 0.25) is 0 Å². The molecule has 0 fully saturated rings. The highest BCUT2D eigenvalue weighted by molar-refractivity contribution is 5.72. The Morgan fingerprint density at radius 3 is 2.46 bits per heavy atom. The average molecular weight is 192 g/mol. The Bertz CT molecular complexity index is 195. The topological polar surface area (TPSA) is 127 Å². The third kappa shape index (κ3) is 6.00. The molecule has 0 saturated heterocycles. The summed E-state index contributed by atoms with van der Waals surface area (Å²) < 4.78 is 0. The minimum Gasteiger partial charge on any atom is -0.480 e. The predicted octanol–water partition coefficient (Wildman–Crippen LogP) is -1.18. The summed E-state index contributed by atoms with van der Waals surface area (Å²) in [5.74, 6) is -1.17. The third-order valence-electron chi connectivity index (χ3n) is 1.49. The lowest BCUT2D eigenvalue weighted by atomic mass is 10.1. The van der Waals surface area contributed by atoms with Gasteiger partial charge in [-0.25, -0.2) is 0 Å². The van der Waals surface area contributed by atoms with Crippen LogP contribution in [-0.4, -0.2) is 39.8 Å². The molecule has 0 rings (SSSR count). The molecule has 0 aromatic heterocycles. The van der Waals surface area contributed by atoms with Crippen molar-refractivity contribution in [2.45, 2.75) is 25.0 Å². The van der Waals surface area contributed by atoms with Crippen LogP contribution in [-0.2, 0) is 4.79 Å².